The van der Waals surface area contributed by atoms with Crippen LogP contribution in [0.5, 0.6) is 0 Å². The van der Waals surface area contributed by atoms with Gasteiger partial charge in [-0.05, 0) is 37.4 Å². The largest absolute Gasteiger partial charge is 0.481 e. The van der Waals surface area contributed by atoms with Gasteiger partial charge in [0.1, 0.15) is 17.8 Å². The van der Waals surface area contributed by atoms with Crippen molar-refractivity contribution in [2.45, 2.75) is 24.0 Å². The first-order valence-corrected chi connectivity index (χ1v) is 11.4. The molecule has 14 heteroatoms. The topological polar surface area (TPSA) is 102 Å². The molecule has 1 spiro atoms. The molecular formula is C21H16Cl4F3N3O4. The number of halogens is 7. The SMILES string of the molecule is CN1C(C(F)(F)F)C(C(=O)Nc2cc(Cl)cc(Cl)c2)C(C(=O)O)C12c1cc(Cl)cc(Cl)c1NC2O. The zero-order chi connectivity index (χ0) is 26.0. The molecule has 0 radical (unpaired) electrons. The molecule has 5 unspecified atom stereocenters. The van der Waals surface area contributed by atoms with Crippen LogP contribution in [0.4, 0.5) is 24.5 Å². The summed E-state index contributed by atoms with van der Waals surface area (Å²) in [5.41, 5.74) is -2.33. The molecule has 188 valence electrons. The summed E-state index contributed by atoms with van der Waals surface area (Å²) < 4.78 is 43.2. The minimum absolute atomic E-state index is 0.00610. The number of likely N-dealkylation sites (N-methyl/N-ethyl adjacent to an activating group) is 1. The molecule has 1 amide bonds. The van der Waals surface area contributed by atoms with E-state index in [2.05, 4.69) is 10.6 Å². The van der Waals surface area contributed by atoms with Crippen LogP contribution in [0.1, 0.15) is 5.56 Å². The number of rotatable bonds is 3. The van der Waals surface area contributed by atoms with Crippen LogP contribution >= 0.6 is 46.4 Å². The smallest absolute Gasteiger partial charge is 0.404 e. The van der Waals surface area contributed by atoms with Gasteiger partial charge in [-0.15, -0.1) is 0 Å². The molecule has 7 nitrogen and oxygen atoms in total. The van der Waals surface area contributed by atoms with E-state index in [4.69, 9.17) is 46.4 Å². The molecule has 1 fully saturated rings. The number of hydrogen-bond acceptors (Lipinski definition) is 5. The van der Waals surface area contributed by atoms with E-state index in [1.54, 1.807) is 0 Å². The molecule has 0 aliphatic carbocycles. The highest BCUT2D eigenvalue weighted by Gasteiger charge is 2.73. The van der Waals surface area contributed by atoms with E-state index in [1.165, 1.54) is 30.3 Å². The highest BCUT2D eigenvalue weighted by atomic mass is 35.5. The number of aliphatic hydroxyl groups excluding tert-OH is 1. The minimum Gasteiger partial charge on any atom is -0.481 e. The number of amides is 1. The van der Waals surface area contributed by atoms with E-state index in [-0.39, 0.29) is 37.0 Å². The molecule has 2 aliphatic rings. The Balaban J connectivity index is 1.92. The molecule has 1 saturated heterocycles. The van der Waals surface area contributed by atoms with Crippen LogP contribution in [0.3, 0.4) is 0 Å². The summed E-state index contributed by atoms with van der Waals surface area (Å²) in [6.45, 7) is 0. The third-order valence-corrected chi connectivity index (χ3v) is 7.35. The Hall–Kier alpha value is -1.95. The molecule has 5 atom stereocenters. The summed E-state index contributed by atoms with van der Waals surface area (Å²) >= 11 is 24.1. The number of carboxylic acid groups (broad SMARTS) is 1. The van der Waals surface area contributed by atoms with Gasteiger partial charge in [0.2, 0.25) is 5.91 Å². The maximum atomic E-state index is 14.4. The van der Waals surface area contributed by atoms with Crippen LogP contribution in [-0.4, -0.2) is 52.5 Å². The molecule has 2 aliphatic heterocycles. The van der Waals surface area contributed by atoms with Crippen molar-refractivity contribution in [3.8, 4) is 0 Å². The molecule has 0 bridgehead atoms. The monoisotopic (exact) mass is 571 g/mol. The first-order valence-electron chi connectivity index (χ1n) is 9.93. The van der Waals surface area contributed by atoms with Crippen LogP contribution in [0.25, 0.3) is 0 Å². The quantitative estimate of drug-likeness (QED) is 0.409. The second-order valence-corrected chi connectivity index (χ2v) is 9.99. The van der Waals surface area contributed by atoms with Crippen molar-refractivity contribution in [3.63, 3.8) is 0 Å². The first-order chi connectivity index (χ1) is 16.2. The van der Waals surface area contributed by atoms with Crippen molar-refractivity contribution < 1.29 is 33.0 Å². The van der Waals surface area contributed by atoms with Crippen LogP contribution in [0.2, 0.25) is 20.1 Å². The number of carbonyl (C=O) groups is 2. The fourth-order valence-corrected chi connectivity index (χ4v) is 6.28. The molecule has 2 aromatic rings. The standard InChI is InChI=1S/C21H16Cl4F3N3O4/c1-31-16(21(26,27)28)13(17(32)29-10-3-7(22)2-8(23)4-10)14(18(33)34)20(31)11-5-9(24)6-12(25)15(11)30-19(20)35/h2-6,13-14,16,19,30,35H,1H3,(H,29,32)(H,33,34). The van der Waals surface area contributed by atoms with Gasteiger partial charge in [-0.3, -0.25) is 14.5 Å². The number of nitrogens with one attached hydrogen (secondary N) is 2. The molecule has 4 N–H and O–H groups in total. The van der Waals surface area contributed by atoms with Crippen molar-refractivity contribution in [3.05, 3.63) is 56.0 Å². The van der Waals surface area contributed by atoms with E-state index in [1.807, 2.05) is 0 Å². The van der Waals surface area contributed by atoms with E-state index in [0.717, 1.165) is 7.05 Å². The van der Waals surface area contributed by atoms with E-state index >= 15 is 0 Å². The van der Waals surface area contributed by atoms with Crippen molar-refractivity contribution in [2.75, 3.05) is 17.7 Å². The third-order valence-electron chi connectivity index (χ3n) is 6.39. The fraction of sp³-hybridized carbons (Fsp3) is 0.333. The third kappa shape index (κ3) is 4.10. The summed E-state index contributed by atoms with van der Waals surface area (Å²) in [7, 11) is 0.992. The van der Waals surface area contributed by atoms with Gasteiger partial charge in [0.25, 0.3) is 0 Å². The van der Waals surface area contributed by atoms with Gasteiger partial charge in [0, 0.05) is 26.3 Å². The molecule has 0 aromatic heterocycles. The lowest BCUT2D eigenvalue weighted by Gasteiger charge is -2.40. The maximum absolute atomic E-state index is 14.4. The minimum atomic E-state index is -5.06. The predicted molar refractivity (Wildman–Crippen MR) is 125 cm³/mol. The average molecular weight is 573 g/mol. The van der Waals surface area contributed by atoms with Crippen LogP contribution in [0.15, 0.2) is 30.3 Å². The molecule has 4 rings (SSSR count). The van der Waals surface area contributed by atoms with Crippen molar-refractivity contribution in [1.82, 2.24) is 4.90 Å². The maximum Gasteiger partial charge on any atom is 0.404 e. The van der Waals surface area contributed by atoms with E-state index < -0.39 is 47.7 Å². The van der Waals surface area contributed by atoms with E-state index in [0.29, 0.717) is 4.90 Å². The Morgan fingerprint density at radius 2 is 1.63 bits per heavy atom. The summed E-state index contributed by atoms with van der Waals surface area (Å²) in [6, 6.07) is 3.76. The lowest BCUT2D eigenvalue weighted by Crippen LogP contribution is -2.56. The Labute approximate surface area is 216 Å². The van der Waals surface area contributed by atoms with Gasteiger partial charge < -0.3 is 20.8 Å². The molecule has 0 saturated carbocycles. The Morgan fingerprint density at radius 1 is 1.06 bits per heavy atom. The Kier molecular flexibility index (Phi) is 6.61. The van der Waals surface area contributed by atoms with Gasteiger partial charge in [0.05, 0.1) is 22.5 Å². The van der Waals surface area contributed by atoms with Gasteiger partial charge in [-0.25, -0.2) is 0 Å². The molecule has 35 heavy (non-hydrogen) atoms. The number of carbonyl (C=O) groups excluding carboxylic acids is 1. The highest BCUT2D eigenvalue weighted by Crippen LogP contribution is 2.60. The second-order valence-electron chi connectivity index (χ2n) is 8.27. The summed E-state index contributed by atoms with van der Waals surface area (Å²) in [6.07, 6.45) is -6.94. The molecule has 2 aromatic carbocycles. The van der Waals surface area contributed by atoms with Crippen molar-refractivity contribution in [2.24, 2.45) is 11.8 Å². The number of carboxylic acids is 1. The summed E-state index contributed by atoms with van der Waals surface area (Å²) in [5, 5.41) is 26.2. The lowest BCUT2D eigenvalue weighted by atomic mass is 9.74. The van der Waals surface area contributed by atoms with Gasteiger partial charge in [-0.1, -0.05) is 46.4 Å². The number of benzene rings is 2. The highest BCUT2D eigenvalue weighted by molar-refractivity contribution is 6.37. The van der Waals surface area contributed by atoms with Gasteiger partial charge in [0.15, 0.2) is 0 Å². The van der Waals surface area contributed by atoms with Crippen molar-refractivity contribution >= 4 is 69.7 Å². The van der Waals surface area contributed by atoms with Gasteiger partial charge in [-0.2, -0.15) is 13.2 Å². The number of aliphatic carboxylic acids is 1. The molecular weight excluding hydrogens is 557 g/mol. The Bertz CT molecular complexity index is 1210. The fourth-order valence-electron chi connectivity index (χ4n) is 5.21. The number of fused-ring (bicyclic) bond motifs is 2. The number of nitrogens with zero attached hydrogens (tertiary/aromatic N) is 1. The lowest BCUT2D eigenvalue weighted by molar-refractivity contribution is -0.193. The zero-order valence-electron chi connectivity index (χ0n) is 17.5. The van der Waals surface area contributed by atoms with E-state index in [9.17, 15) is 33.0 Å². The van der Waals surface area contributed by atoms with Crippen LogP contribution in [-0.2, 0) is 15.1 Å². The summed E-state index contributed by atoms with van der Waals surface area (Å²) in [5.74, 6) is -7.27. The molecule has 2 heterocycles. The zero-order valence-corrected chi connectivity index (χ0v) is 20.5. The number of anilines is 2. The Morgan fingerprint density at radius 3 is 2.17 bits per heavy atom. The van der Waals surface area contributed by atoms with Crippen molar-refractivity contribution in [1.29, 1.82) is 0 Å². The predicted octanol–water partition coefficient (Wildman–Crippen LogP) is 5.07. The van der Waals surface area contributed by atoms with Gasteiger partial charge >= 0.3 is 12.1 Å². The normalized spacial score (nSPS) is 28.1. The first kappa shape index (κ1) is 26.1. The summed E-state index contributed by atoms with van der Waals surface area (Å²) in [4.78, 5) is 26.5. The van der Waals surface area contributed by atoms with Crippen LogP contribution in [0, 0.1) is 11.8 Å². The number of hydrogen-bond donors (Lipinski definition) is 4. The number of aliphatic hydroxyl groups is 1. The van der Waals surface area contributed by atoms with Crippen LogP contribution < -0.4 is 10.6 Å². The second kappa shape index (κ2) is 8.86. The number of likely N-dealkylation sites (tertiary alicyclic amines) is 1. The number of alkyl halides is 3. The average Bonchev–Trinajstić information content (AvgIpc) is 3.15.